The number of carbonyl (C=O) groups excluding carboxylic acids is 1. The van der Waals surface area contributed by atoms with Gasteiger partial charge in [0.15, 0.2) is 10.2 Å². The minimum atomic E-state index is -0.488. The average molecular weight is 455 g/mol. The normalized spacial score (nSPS) is 17.2. The first-order chi connectivity index (χ1) is 14.7. The Kier molecular flexibility index (Phi) is 5.31. The Labute approximate surface area is 186 Å². The molecule has 0 saturated heterocycles. The molecule has 1 N–H and O–H groups in total. The number of non-ortho nitro benzene ring substituents is 1. The second-order valence-corrected chi connectivity index (χ2v) is 8.99. The number of amidine groups is 2. The van der Waals surface area contributed by atoms with Gasteiger partial charge in [-0.15, -0.1) is 16.9 Å². The zero-order valence-corrected chi connectivity index (χ0v) is 18.8. The molecule has 0 aliphatic carbocycles. The Balaban J connectivity index is 1.79. The first-order valence-corrected chi connectivity index (χ1v) is 11.2. The lowest BCUT2D eigenvalue weighted by molar-refractivity contribution is -0.384. The Morgan fingerprint density at radius 2 is 2.00 bits per heavy atom. The third-order valence-electron chi connectivity index (χ3n) is 5.03. The number of nitrogens with zero attached hydrogens (tertiary/aromatic N) is 5. The number of rotatable bonds is 3. The highest BCUT2D eigenvalue weighted by atomic mass is 32.2. The van der Waals surface area contributed by atoms with E-state index in [0.717, 1.165) is 26.9 Å². The Hall–Kier alpha value is -3.18. The van der Waals surface area contributed by atoms with Crippen LogP contribution >= 0.6 is 23.5 Å². The predicted octanol–water partition coefficient (Wildman–Crippen LogP) is 4.25. The van der Waals surface area contributed by atoms with E-state index in [0.29, 0.717) is 10.9 Å². The molecule has 0 spiro atoms. The summed E-state index contributed by atoms with van der Waals surface area (Å²) in [6.07, 6.45) is 3.51. The van der Waals surface area contributed by atoms with E-state index in [2.05, 4.69) is 10.1 Å². The van der Waals surface area contributed by atoms with Crippen LogP contribution in [0.3, 0.4) is 0 Å². The summed E-state index contributed by atoms with van der Waals surface area (Å²) in [5, 5.41) is 25.8. The van der Waals surface area contributed by atoms with Crippen LogP contribution in [-0.2, 0) is 4.79 Å². The largest absolute Gasteiger partial charge is 0.317 e. The molecular formula is C20H18N6O3S2. The Morgan fingerprint density at radius 1 is 1.26 bits per heavy atom. The van der Waals surface area contributed by atoms with Gasteiger partial charge < -0.3 is 4.57 Å². The van der Waals surface area contributed by atoms with Gasteiger partial charge in [0.2, 0.25) is 5.17 Å². The van der Waals surface area contributed by atoms with Gasteiger partial charge in [0, 0.05) is 23.5 Å². The van der Waals surface area contributed by atoms with Crippen molar-refractivity contribution in [2.45, 2.75) is 20.8 Å². The van der Waals surface area contributed by atoms with Gasteiger partial charge in [-0.3, -0.25) is 20.3 Å². The quantitative estimate of drug-likeness (QED) is 0.421. The van der Waals surface area contributed by atoms with E-state index in [1.807, 2.05) is 37.7 Å². The first-order valence-electron chi connectivity index (χ1n) is 9.20. The molecular weight excluding hydrogens is 436 g/mol. The highest BCUT2D eigenvalue weighted by molar-refractivity contribution is 8.45. The fraction of sp³-hybridized carbons (Fsp3) is 0.200. The van der Waals surface area contributed by atoms with Gasteiger partial charge in [-0.05, 0) is 62.1 Å². The van der Waals surface area contributed by atoms with Crippen molar-refractivity contribution in [2.75, 3.05) is 6.26 Å². The van der Waals surface area contributed by atoms with Crippen molar-refractivity contribution < 1.29 is 9.72 Å². The maximum atomic E-state index is 12.6. The smallest absolute Gasteiger partial charge is 0.283 e. The molecule has 0 radical (unpaired) electrons. The molecule has 11 heteroatoms. The topological polar surface area (TPSA) is 117 Å². The highest BCUT2D eigenvalue weighted by Gasteiger charge is 2.35. The maximum absolute atomic E-state index is 12.6. The van der Waals surface area contributed by atoms with E-state index in [4.69, 9.17) is 5.41 Å². The zero-order valence-electron chi connectivity index (χ0n) is 17.2. The number of fused-ring (bicyclic) bond motifs is 1. The number of benzene rings is 1. The molecule has 1 amide bonds. The van der Waals surface area contributed by atoms with E-state index >= 15 is 0 Å². The van der Waals surface area contributed by atoms with E-state index < -0.39 is 10.8 Å². The molecule has 0 fully saturated rings. The molecule has 31 heavy (non-hydrogen) atoms. The molecule has 0 unspecified atom stereocenters. The summed E-state index contributed by atoms with van der Waals surface area (Å²) >= 11 is 2.69. The Morgan fingerprint density at radius 3 is 2.68 bits per heavy atom. The first kappa shape index (κ1) is 21.1. The van der Waals surface area contributed by atoms with Crippen molar-refractivity contribution in [2.24, 2.45) is 10.1 Å². The van der Waals surface area contributed by atoms with Crippen LogP contribution in [0.2, 0.25) is 0 Å². The number of nitrogens with one attached hydrogen (secondary N) is 1. The van der Waals surface area contributed by atoms with Crippen LogP contribution < -0.4 is 0 Å². The molecule has 158 valence electrons. The molecule has 0 saturated carbocycles. The van der Waals surface area contributed by atoms with Gasteiger partial charge in [-0.25, -0.2) is 0 Å². The van der Waals surface area contributed by atoms with Gasteiger partial charge >= 0.3 is 0 Å². The summed E-state index contributed by atoms with van der Waals surface area (Å²) in [5.74, 6) is -0.513. The highest BCUT2D eigenvalue weighted by Crippen LogP contribution is 2.33. The van der Waals surface area contributed by atoms with Gasteiger partial charge in [0.1, 0.15) is 0 Å². The van der Waals surface area contributed by atoms with E-state index in [1.54, 1.807) is 12.1 Å². The van der Waals surface area contributed by atoms with E-state index in [1.165, 1.54) is 40.7 Å². The number of aryl methyl sites for hydroxylation is 2. The molecule has 2 aliphatic heterocycles. The molecule has 0 atom stereocenters. The van der Waals surface area contributed by atoms with Crippen LogP contribution in [0.25, 0.3) is 11.8 Å². The van der Waals surface area contributed by atoms with Crippen molar-refractivity contribution in [3.05, 3.63) is 62.5 Å². The van der Waals surface area contributed by atoms with Crippen molar-refractivity contribution in [3.8, 4) is 5.69 Å². The van der Waals surface area contributed by atoms with Gasteiger partial charge in [-0.1, -0.05) is 6.07 Å². The third kappa shape index (κ3) is 3.59. The van der Waals surface area contributed by atoms with Crippen molar-refractivity contribution >= 4 is 56.6 Å². The fourth-order valence-electron chi connectivity index (χ4n) is 3.47. The monoisotopic (exact) mass is 454 g/mol. The lowest BCUT2D eigenvalue weighted by Crippen LogP contribution is -2.35. The lowest BCUT2D eigenvalue weighted by atomic mass is 10.1. The standard InChI is InChI=1S/C20H18N6O3S2/c1-10-5-6-14(26(28)29)9-16(10)24-11(2)7-13(12(24)3)8-15-17(21)25-19(22-18(15)27)31-20(23-25)30-4/h5-9,21H,1-4H3/b15-8+,21-17?. The van der Waals surface area contributed by atoms with Crippen LogP contribution in [0.4, 0.5) is 5.69 Å². The number of amides is 1. The zero-order chi connectivity index (χ0) is 22.4. The third-order valence-corrected chi connectivity index (χ3v) is 6.91. The molecule has 0 bridgehead atoms. The van der Waals surface area contributed by atoms with Crippen molar-refractivity contribution in [1.29, 1.82) is 5.41 Å². The summed E-state index contributed by atoms with van der Waals surface area (Å²) in [6, 6.07) is 6.62. The predicted molar refractivity (Wildman–Crippen MR) is 125 cm³/mol. The molecule has 1 aromatic heterocycles. The van der Waals surface area contributed by atoms with Gasteiger partial charge in [0.05, 0.1) is 16.2 Å². The number of hydrogen-bond acceptors (Lipinski definition) is 7. The molecule has 1 aromatic carbocycles. The van der Waals surface area contributed by atoms with Gasteiger partial charge in [0.25, 0.3) is 11.6 Å². The summed E-state index contributed by atoms with van der Waals surface area (Å²) in [4.78, 5) is 27.5. The molecule has 4 rings (SSSR count). The second kappa shape index (κ2) is 7.82. The van der Waals surface area contributed by atoms with Crippen LogP contribution in [0.5, 0.6) is 0 Å². The second-order valence-electron chi connectivity index (χ2n) is 6.98. The van der Waals surface area contributed by atoms with Crippen LogP contribution in [0.1, 0.15) is 22.5 Å². The number of aromatic nitrogens is 1. The molecule has 9 nitrogen and oxygen atoms in total. The summed E-state index contributed by atoms with van der Waals surface area (Å²) < 4.78 is 2.63. The molecule has 2 aliphatic rings. The van der Waals surface area contributed by atoms with Crippen molar-refractivity contribution in [3.63, 3.8) is 0 Å². The molecule has 2 aromatic rings. The van der Waals surface area contributed by atoms with E-state index in [-0.39, 0.29) is 17.1 Å². The Bertz CT molecular complexity index is 1260. The number of nitro groups is 1. The number of hydrazone groups is 1. The lowest BCUT2D eigenvalue weighted by Gasteiger charge is -2.20. The van der Waals surface area contributed by atoms with Crippen LogP contribution in [0, 0.1) is 36.3 Å². The van der Waals surface area contributed by atoms with Crippen LogP contribution in [0.15, 0.2) is 39.9 Å². The SMILES string of the molecule is CSC1=NN2C(=N)/C(=C\c3cc(C)n(-c4cc([N+](=O)[O-])ccc4C)c3C)C(=O)N=C2S1. The fourth-order valence-corrected chi connectivity index (χ4v) is 4.82. The number of thioether (sulfide) groups is 2. The minimum absolute atomic E-state index is 0.00750. The summed E-state index contributed by atoms with van der Waals surface area (Å²) in [7, 11) is 0. The average Bonchev–Trinajstić information content (AvgIpc) is 3.26. The van der Waals surface area contributed by atoms with Crippen LogP contribution in [-0.4, -0.2) is 42.0 Å². The van der Waals surface area contributed by atoms with E-state index in [9.17, 15) is 14.9 Å². The summed E-state index contributed by atoms with van der Waals surface area (Å²) in [6.45, 7) is 5.65. The maximum Gasteiger partial charge on any atom is 0.283 e. The number of nitro benzene ring substituents is 1. The molecule has 3 heterocycles. The number of aliphatic imine (C=N–C) groups is 1. The minimum Gasteiger partial charge on any atom is -0.317 e. The summed E-state index contributed by atoms with van der Waals surface area (Å²) in [5.41, 5.74) is 4.12. The van der Waals surface area contributed by atoms with Crippen molar-refractivity contribution in [1.82, 2.24) is 9.58 Å². The number of carbonyl (C=O) groups is 1. The number of hydrogen-bond donors (Lipinski definition) is 1. The van der Waals surface area contributed by atoms with Gasteiger partial charge in [-0.2, -0.15) is 10.0 Å².